The number of aromatic carboxylic acids is 1. The van der Waals surface area contributed by atoms with Crippen LogP contribution in [-0.4, -0.2) is 18.2 Å². The molecule has 0 aliphatic carbocycles. The van der Waals surface area contributed by atoms with Crippen LogP contribution in [0.4, 0.5) is 26.3 Å². The fraction of sp³-hybridized carbons (Fsp3) is 0.300. The van der Waals surface area contributed by atoms with E-state index in [4.69, 9.17) is 5.11 Å². The van der Waals surface area contributed by atoms with Gasteiger partial charge in [-0.2, -0.15) is 26.3 Å². The highest BCUT2D eigenvalue weighted by Crippen LogP contribution is 2.41. The predicted octanol–water partition coefficient (Wildman–Crippen LogP) is 3.43. The fourth-order valence-corrected chi connectivity index (χ4v) is 1.41. The number of carboxylic acids is 1. The van der Waals surface area contributed by atoms with E-state index < -0.39 is 40.8 Å². The van der Waals surface area contributed by atoms with Crippen LogP contribution in [0.15, 0.2) is 12.1 Å². The lowest BCUT2D eigenvalue weighted by atomic mass is 9.99. The third kappa shape index (κ3) is 3.09. The van der Waals surface area contributed by atoms with Crippen molar-refractivity contribution < 1.29 is 41.0 Å². The summed E-state index contributed by atoms with van der Waals surface area (Å²) in [5, 5.41) is 8.60. The van der Waals surface area contributed by atoms with Crippen molar-refractivity contribution >= 4 is 5.97 Å². The van der Waals surface area contributed by atoms with Gasteiger partial charge < -0.3 is 9.84 Å². The van der Waals surface area contributed by atoms with Crippen molar-refractivity contribution in [3.8, 4) is 5.75 Å². The molecule has 1 rings (SSSR count). The van der Waals surface area contributed by atoms with E-state index in [1.807, 2.05) is 0 Å². The topological polar surface area (TPSA) is 46.5 Å². The summed E-state index contributed by atoms with van der Waals surface area (Å²) in [6.45, 7) is 0. The molecule has 0 fully saturated rings. The van der Waals surface area contributed by atoms with Crippen LogP contribution in [0.3, 0.4) is 0 Å². The maximum atomic E-state index is 12.6. The molecule has 3 nitrogen and oxygen atoms in total. The molecule has 0 bridgehead atoms. The molecule has 0 amide bonds. The van der Waals surface area contributed by atoms with E-state index in [0.29, 0.717) is 0 Å². The summed E-state index contributed by atoms with van der Waals surface area (Å²) >= 11 is 0. The van der Waals surface area contributed by atoms with Crippen LogP contribution in [0.1, 0.15) is 21.5 Å². The molecule has 1 aromatic carbocycles. The van der Waals surface area contributed by atoms with Gasteiger partial charge >= 0.3 is 18.3 Å². The summed E-state index contributed by atoms with van der Waals surface area (Å²) < 4.78 is 80.0. The van der Waals surface area contributed by atoms with Gasteiger partial charge in [-0.15, -0.1) is 0 Å². The highest BCUT2D eigenvalue weighted by atomic mass is 19.4. The third-order valence-electron chi connectivity index (χ3n) is 2.17. The zero-order chi connectivity index (χ0) is 15.0. The molecule has 0 aliphatic heterocycles. The van der Waals surface area contributed by atoms with Crippen molar-refractivity contribution in [2.24, 2.45) is 0 Å². The van der Waals surface area contributed by atoms with Crippen LogP contribution in [0.25, 0.3) is 0 Å². The molecule has 1 aromatic rings. The minimum Gasteiger partial charge on any atom is -0.497 e. The quantitative estimate of drug-likeness (QED) is 0.848. The van der Waals surface area contributed by atoms with Crippen molar-refractivity contribution in [1.29, 1.82) is 0 Å². The number of halogens is 6. The van der Waals surface area contributed by atoms with Gasteiger partial charge in [0.15, 0.2) is 0 Å². The highest BCUT2D eigenvalue weighted by molar-refractivity contribution is 5.92. The molecule has 0 heterocycles. The van der Waals surface area contributed by atoms with Crippen LogP contribution >= 0.6 is 0 Å². The summed E-state index contributed by atoms with van der Waals surface area (Å²) in [6.07, 6.45) is -10.5. The number of hydrogen-bond donors (Lipinski definition) is 1. The third-order valence-corrected chi connectivity index (χ3v) is 2.17. The first-order valence-corrected chi connectivity index (χ1v) is 4.58. The Bertz CT molecular complexity index is 468. The Morgan fingerprint density at radius 3 is 1.63 bits per heavy atom. The van der Waals surface area contributed by atoms with Crippen molar-refractivity contribution in [3.63, 3.8) is 0 Å². The van der Waals surface area contributed by atoms with Crippen LogP contribution in [-0.2, 0) is 12.4 Å². The summed E-state index contributed by atoms with van der Waals surface area (Å²) in [5.41, 5.74) is -5.67. The van der Waals surface area contributed by atoms with Gasteiger partial charge in [-0.05, 0) is 12.1 Å². The van der Waals surface area contributed by atoms with Crippen LogP contribution < -0.4 is 4.74 Å². The van der Waals surface area contributed by atoms with Crippen LogP contribution in [0.2, 0.25) is 0 Å². The first-order chi connectivity index (χ1) is 8.48. The Hall–Kier alpha value is -1.93. The molecule has 0 unspecified atom stereocenters. The minimum absolute atomic E-state index is 0.207. The maximum Gasteiger partial charge on any atom is 0.417 e. The van der Waals surface area contributed by atoms with E-state index >= 15 is 0 Å². The number of carboxylic acid groups (broad SMARTS) is 1. The van der Waals surface area contributed by atoms with Crippen LogP contribution in [0.5, 0.6) is 5.75 Å². The lowest BCUT2D eigenvalue weighted by Gasteiger charge is -2.17. The van der Waals surface area contributed by atoms with E-state index in [1.165, 1.54) is 0 Å². The number of alkyl halides is 6. The summed E-state index contributed by atoms with van der Waals surface area (Å²) in [5.74, 6) is -3.05. The standard InChI is InChI=1S/C10H6F6O3/c1-19-4-2-5(9(11,12)13)7(8(17)18)6(3-4)10(14,15)16/h2-3H,1H3,(H,17,18). The smallest absolute Gasteiger partial charge is 0.417 e. The second-order valence-corrected chi connectivity index (χ2v) is 3.40. The van der Waals surface area contributed by atoms with Gasteiger partial charge in [-0.25, -0.2) is 4.79 Å². The van der Waals surface area contributed by atoms with E-state index in [0.717, 1.165) is 7.11 Å². The van der Waals surface area contributed by atoms with E-state index in [-0.39, 0.29) is 12.1 Å². The molecule has 0 spiro atoms. The van der Waals surface area contributed by atoms with Gasteiger partial charge in [0.2, 0.25) is 0 Å². The lowest BCUT2D eigenvalue weighted by molar-refractivity contribution is -0.144. The molecule has 1 N–H and O–H groups in total. The van der Waals surface area contributed by atoms with Crippen molar-refractivity contribution in [3.05, 3.63) is 28.8 Å². The first kappa shape index (κ1) is 15.1. The average Bonchev–Trinajstić information content (AvgIpc) is 2.24. The van der Waals surface area contributed by atoms with E-state index in [9.17, 15) is 31.1 Å². The maximum absolute atomic E-state index is 12.6. The lowest BCUT2D eigenvalue weighted by Crippen LogP contribution is -2.20. The molecule has 0 radical (unpaired) electrons. The Morgan fingerprint density at radius 2 is 1.42 bits per heavy atom. The second-order valence-electron chi connectivity index (χ2n) is 3.40. The molecule has 0 aromatic heterocycles. The molecule has 19 heavy (non-hydrogen) atoms. The number of ether oxygens (including phenoxy) is 1. The number of benzene rings is 1. The number of rotatable bonds is 2. The predicted molar refractivity (Wildman–Crippen MR) is 50.0 cm³/mol. The summed E-state index contributed by atoms with van der Waals surface area (Å²) in [6, 6.07) is 0.414. The Morgan fingerprint density at radius 1 is 1.05 bits per heavy atom. The second kappa shape index (κ2) is 4.63. The summed E-state index contributed by atoms with van der Waals surface area (Å²) in [7, 11) is 0.871. The average molecular weight is 288 g/mol. The minimum atomic E-state index is -5.25. The van der Waals surface area contributed by atoms with Crippen molar-refractivity contribution in [2.45, 2.75) is 12.4 Å². The van der Waals surface area contributed by atoms with Gasteiger partial charge in [-0.3, -0.25) is 0 Å². The van der Waals surface area contributed by atoms with Crippen molar-refractivity contribution in [1.82, 2.24) is 0 Å². The SMILES string of the molecule is COc1cc(C(F)(F)F)c(C(=O)O)c(C(F)(F)F)c1. The number of carbonyl (C=O) groups is 1. The zero-order valence-electron chi connectivity index (χ0n) is 9.19. The number of methoxy groups -OCH3 is 1. The fourth-order valence-electron chi connectivity index (χ4n) is 1.41. The molecular formula is C10H6F6O3. The molecule has 0 saturated carbocycles. The molecular weight excluding hydrogens is 282 g/mol. The molecule has 0 saturated heterocycles. The van der Waals surface area contributed by atoms with Crippen LogP contribution in [0, 0.1) is 0 Å². The molecule has 0 aliphatic rings. The normalized spacial score (nSPS) is 12.4. The van der Waals surface area contributed by atoms with Gasteiger partial charge in [-0.1, -0.05) is 0 Å². The monoisotopic (exact) mass is 288 g/mol. The van der Waals surface area contributed by atoms with Crippen molar-refractivity contribution in [2.75, 3.05) is 7.11 Å². The van der Waals surface area contributed by atoms with E-state index in [2.05, 4.69) is 4.74 Å². The molecule has 9 heteroatoms. The Kier molecular flexibility index (Phi) is 3.69. The Labute approximate surface area is 102 Å². The zero-order valence-corrected chi connectivity index (χ0v) is 9.19. The van der Waals surface area contributed by atoms with E-state index in [1.54, 1.807) is 0 Å². The first-order valence-electron chi connectivity index (χ1n) is 4.58. The number of hydrogen-bond acceptors (Lipinski definition) is 2. The Balaban J connectivity index is 3.76. The molecule has 0 atom stereocenters. The largest absolute Gasteiger partial charge is 0.497 e. The van der Waals surface area contributed by atoms with Gasteiger partial charge in [0.05, 0.1) is 23.8 Å². The summed E-state index contributed by atoms with van der Waals surface area (Å²) in [4.78, 5) is 10.7. The van der Waals surface area contributed by atoms with Gasteiger partial charge in [0, 0.05) is 0 Å². The molecule has 106 valence electrons. The van der Waals surface area contributed by atoms with Gasteiger partial charge in [0.1, 0.15) is 5.75 Å². The van der Waals surface area contributed by atoms with Gasteiger partial charge in [0.25, 0.3) is 0 Å². The highest BCUT2D eigenvalue weighted by Gasteiger charge is 2.43.